The fourth-order valence-electron chi connectivity index (χ4n) is 2.18. The minimum absolute atomic E-state index is 0.153. The predicted octanol–water partition coefficient (Wildman–Crippen LogP) is 6.29. The molecule has 0 rings (SSSR count). The molecule has 0 bridgehead atoms. The number of allylic oxidation sites excluding steroid dienone is 3. The van der Waals surface area contributed by atoms with Crippen LogP contribution in [0.2, 0.25) is 0 Å². The van der Waals surface area contributed by atoms with Crippen LogP contribution in [0.4, 0.5) is 0 Å². The molecule has 0 aromatic rings. The Morgan fingerprint density at radius 2 is 1.50 bits per heavy atom. The van der Waals surface area contributed by atoms with Gasteiger partial charge in [0.05, 0.1) is 0 Å². The molecular weight excluding hydrogens is 248 g/mol. The number of rotatable bonds is 14. The second kappa shape index (κ2) is 16.5. The molecule has 0 aromatic carbocycles. The maximum absolute atomic E-state index is 8.79. The van der Waals surface area contributed by atoms with E-state index in [4.69, 9.17) is 5.26 Å². The first-order valence-corrected chi connectivity index (χ1v) is 8.48. The Balaban J connectivity index is 3.52. The van der Waals surface area contributed by atoms with Gasteiger partial charge in [0.25, 0.3) is 0 Å². The van der Waals surface area contributed by atoms with Crippen molar-refractivity contribution < 1.29 is 10.1 Å². The Morgan fingerprint density at radius 3 is 2.20 bits per heavy atom. The van der Waals surface area contributed by atoms with Crippen LogP contribution in [0, 0.1) is 0 Å². The van der Waals surface area contributed by atoms with Gasteiger partial charge in [0.1, 0.15) is 6.10 Å². The van der Waals surface area contributed by atoms with E-state index in [1.54, 1.807) is 0 Å². The first-order valence-electron chi connectivity index (χ1n) is 8.48. The molecule has 0 fully saturated rings. The van der Waals surface area contributed by atoms with Gasteiger partial charge in [-0.3, -0.25) is 5.26 Å². The van der Waals surface area contributed by atoms with Crippen molar-refractivity contribution in [3.05, 3.63) is 24.3 Å². The van der Waals surface area contributed by atoms with Crippen molar-refractivity contribution in [3.8, 4) is 0 Å². The first-order chi connectivity index (χ1) is 9.85. The van der Waals surface area contributed by atoms with Crippen LogP contribution in [0.15, 0.2) is 24.3 Å². The Hall–Kier alpha value is -0.600. The van der Waals surface area contributed by atoms with Gasteiger partial charge >= 0.3 is 0 Å². The summed E-state index contributed by atoms with van der Waals surface area (Å²) in [6.45, 7) is 4.43. The van der Waals surface area contributed by atoms with Crippen molar-refractivity contribution in [2.45, 2.75) is 90.6 Å². The maximum Gasteiger partial charge on any atom is 0.111 e. The van der Waals surface area contributed by atoms with Gasteiger partial charge in [-0.15, -0.1) is 0 Å². The molecule has 1 unspecified atom stereocenters. The fourth-order valence-corrected chi connectivity index (χ4v) is 2.18. The van der Waals surface area contributed by atoms with E-state index in [0.717, 1.165) is 19.3 Å². The topological polar surface area (TPSA) is 29.5 Å². The molecule has 20 heavy (non-hydrogen) atoms. The van der Waals surface area contributed by atoms with Crippen molar-refractivity contribution in [2.75, 3.05) is 0 Å². The zero-order valence-electron chi connectivity index (χ0n) is 13.5. The third-order valence-electron chi connectivity index (χ3n) is 3.52. The Kier molecular flexibility index (Phi) is 16.0. The van der Waals surface area contributed by atoms with Gasteiger partial charge < -0.3 is 0 Å². The fraction of sp³-hybridized carbons (Fsp3) is 0.778. The lowest BCUT2D eigenvalue weighted by atomic mass is 10.1. The molecule has 0 spiro atoms. The Morgan fingerprint density at radius 1 is 0.850 bits per heavy atom. The highest BCUT2D eigenvalue weighted by molar-refractivity contribution is 5.04. The van der Waals surface area contributed by atoms with Gasteiger partial charge in [0.15, 0.2) is 0 Å². The number of unbranched alkanes of at least 4 members (excludes halogenated alkanes) is 8. The van der Waals surface area contributed by atoms with Crippen LogP contribution < -0.4 is 0 Å². The van der Waals surface area contributed by atoms with Crippen molar-refractivity contribution in [2.24, 2.45) is 0 Å². The molecule has 1 atom stereocenters. The number of hydrogen-bond acceptors (Lipinski definition) is 2. The molecule has 0 aliphatic carbocycles. The predicted molar refractivity (Wildman–Crippen MR) is 87.9 cm³/mol. The van der Waals surface area contributed by atoms with Gasteiger partial charge in [-0.1, -0.05) is 89.5 Å². The molecule has 2 heteroatoms. The molecule has 0 aliphatic rings. The van der Waals surface area contributed by atoms with Gasteiger partial charge in [-0.2, -0.15) is 0 Å². The summed E-state index contributed by atoms with van der Waals surface area (Å²) in [5, 5.41) is 8.79. The van der Waals surface area contributed by atoms with Crippen LogP contribution in [-0.2, 0) is 4.89 Å². The summed E-state index contributed by atoms with van der Waals surface area (Å²) in [4.78, 5) is 4.46. The average molecular weight is 282 g/mol. The van der Waals surface area contributed by atoms with Crippen molar-refractivity contribution in [1.29, 1.82) is 0 Å². The molecule has 2 nitrogen and oxygen atoms in total. The van der Waals surface area contributed by atoms with E-state index < -0.39 is 0 Å². The monoisotopic (exact) mass is 282 g/mol. The van der Waals surface area contributed by atoms with E-state index in [1.165, 1.54) is 51.4 Å². The molecule has 1 N–H and O–H groups in total. The van der Waals surface area contributed by atoms with E-state index in [0.29, 0.717) is 0 Å². The SMILES string of the molecule is CCCCCCCC/C=C\C=C\C(CCCCC)OO. The van der Waals surface area contributed by atoms with Crippen LogP contribution in [0.5, 0.6) is 0 Å². The van der Waals surface area contributed by atoms with Gasteiger partial charge in [0.2, 0.25) is 0 Å². The number of hydrogen-bond donors (Lipinski definition) is 1. The Bertz CT molecular complexity index is 234. The largest absolute Gasteiger partial charge is 0.251 e. The highest BCUT2D eigenvalue weighted by Gasteiger charge is 2.02. The summed E-state index contributed by atoms with van der Waals surface area (Å²) >= 11 is 0. The van der Waals surface area contributed by atoms with Gasteiger partial charge in [0, 0.05) is 0 Å². The van der Waals surface area contributed by atoms with Crippen molar-refractivity contribution in [3.63, 3.8) is 0 Å². The minimum Gasteiger partial charge on any atom is -0.251 e. The van der Waals surface area contributed by atoms with E-state index in [9.17, 15) is 0 Å². The van der Waals surface area contributed by atoms with Crippen LogP contribution in [-0.4, -0.2) is 11.4 Å². The lowest BCUT2D eigenvalue weighted by Gasteiger charge is -2.07. The molecule has 0 amide bonds. The van der Waals surface area contributed by atoms with Crippen LogP contribution >= 0.6 is 0 Å². The normalized spacial score (nSPS) is 13.6. The lowest BCUT2D eigenvalue weighted by Crippen LogP contribution is -2.06. The van der Waals surface area contributed by atoms with E-state index >= 15 is 0 Å². The lowest BCUT2D eigenvalue weighted by molar-refractivity contribution is -0.267. The van der Waals surface area contributed by atoms with Gasteiger partial charge in [-0.25, -0.2) is 4.89 Å². The molecule has 0 radical (unpaired) electrons. The average Bonchev–Trinajstić information content (AvgIpc) is 2.47. The zero-order chi connectivity index (χ0) is 14.9. The third-order valence-corrected chi connectivity index (χ3v) is 3.52. The smallest absolute Gasteiger partial charge is 0.111 e. The highest BCUT2D eigenvalue weighted by atomic mass is 17.1. The second-order valence-electron chi connectivity index (χ2n) is 5.51. The summed E-state index contributed by atoms with van der Waals surface area (Å²) in [6, 6.07) is 0. The van der Waals surface area contributed by atoms with Crippen LogP contribution in [0.25, 0.3) is 0 Å². The summed E-state index contributed by atoms with van der Waals surface area (Å²) in [5.74, 6) is 0. The first kappa shape index (κ1) is 19.4. The third kappa shape index (κ3) is 13.8. The molecule has 118 valence electrons. The maximum atomic E-state index is 8.79. The second-order valence-corrected chi connectivity index (χ2v) is 5.51. The standard InChI is InChI=1S/C18H34O2/c1-3-5-7-8-9-10-11-12-13-15-17-18(20-19)16-14-6-4-2/h12-13,15,17-19H,3-11,14,16H2,1-2H3/b13-12-,17-15+. The van der Waals surface area contributed by atoms with Crippen LogP contribution in [0.1, 0.15) is 84.5 Å². The summed E-state index contributed by atoms with van der Waals surface area (Å²) in [6.07, 6.45) is 21.7. The van der Waals surface area contributed by atoms with E-state index in [1.807, 2.05) is 12.2 Å². The molecule has 0 aromatic heterocycles. The summed E-state index contributed by atoms with van der Waals surface area (Å²) < 4.78 is 0. The van der Waals surface area contributed by atoms with E-state index in [-0.39, 0.29) is 6.10 Å². The van der Waals surface area contributed by atoms with Crippen molar-refractivity contribution >= 4 is 0 Å². The quantitative estimate of drug-likeness (QED) is 0.176. The Labute approximate surface area is 125 Å². The molecule has 0 heterocycles. The van der Waals surface area contributed by atoms with Gasteiger partial charge in [-0.05, 0) is 19.3 Å². The van der Waals surface area contributed by atoms with Crippen molar-refractivity contribution in [1.82, 2.24) is 0 Å². The molecule has 0 saturated carbocycles. The zero-order valence-corrected chi connectivity index (χ0v) is 13.5. The molecule has 0 aliphatic heterocycles. The molecular formula is C18H34O2. The summed E-state index contributed by atoms with van der Waals surface area (Å²) in [5.41, 5.74) is 0. The van der Waals surface area contributed by atoms with E-state index in [2.05, 4.69) is 30.9 Å². The van der Waals surface area contributed by atoms with Crippen LogP contribution in [0.3, 0.4) is 0 Å². The molecule has 0 saturated heterocycles. The summed E-state index contributed by atoms with van der Waals surface area (Å²) in [7, 11) is 0. The minimum atomic E-state index is -0.153. The highest BCUT2D eigenvalue weighted by Crippen LogP contribution is 2.08.